The molecule has 0 aromatic rings. The molecular formula is C2H6NNaO4S. The van der Waals surface area contributed by atoms with Gasteiger partial charge in [-0.15, -0.1) is 0 Å². The molecule has 0 saturated carbocycles. The molecule has 0 atom stereocenters. The van der Waals surface area contributed by atoms with Crippen LogP contribution < -0.4 is 5.73 Å². The van der Waals surface area contributed by atoms with Crippen LogP contribution in [0.25, 0.3) is 0 Å². The SMILES string of the molecule is NC(=O)CS(=O)(=O)O.[NaH]. The van der Waals surface area contributed by atoms with E-state index in [9.17, 15) is 13.2 Å². The fraction of sp³-hybridized carbons (Fsp3) is 0.500. The minimum absolute atomic E-state index is 0. The summed E-state index contributed by atoms with van der Waals surface area (Å²) in [5.41, 5.74) is 4.40. The van der Waals surface area contributed by atoms with Crippen molar-refractivity contribution in [3.05, 3.63) is 0 Å². The molecule has 0 unspecified atom stereocenters. The van der Waals surface area contributed by atoms with Crippen molar-refractivity contribution in [3.63, 3.8) is 0 Å². The molecule has 0 aliphatic carbocycles. The first-order valence-corrected chi connectivity index (χ1v) is 3.26. The van der Waals surface area contributed by atoms with Crippen molar-refractivity contribution >= 4 is 45.6 Å². The van der Waals surface area contributed by atoms with Gasteiger partial charge in [0.1, 0.15) is 0 Å². The van der Waals surface area contributed by atoms with E-state index in [0.717, 1.165) is 0 Å². The fourth-order valence-corrected chi connectivity index (χ4v) is 0.539. The Kier molecular flexibility index (Phi) is 5.69. The molecule has 50 valence electrons. The van der Waals surface area contributed by atoms with Crippen LogP contribution in [0.15, 0.2) is 0 Å². The Morgan fingerprint density at radius 3 is 1.89 bits per heavy atom. The van der Waals surface area contributed by atoms with Crippen molar-refractivity contribution in [2.24, 2.45) is 5.73 Å². The van der Waals surface area contributed by atoms with Crippen molar-refractivity contribution in [1.82, 2.24) is 0 Å². The molecule has 0 radical (unpaired) electrons. The minimum atomic E-state index is -4.20. The van der Waals surface area contributed by atoms with E-state index in [2.05, 4.69) is 5.73 Å². The topological polar surface area (TPSA) is 97.5 Å². The molecule has 0 saturated heterocycles. The predicted molar refractivity (Wildman–Crippen MR) is 32.8 cm³/mol. The summed E-state index contributed by atoms with van der Waals surface area (Å²) in [5.74, 6) is -2.07. The number of hydrogen-bond acceptors (Lipinski definition) is 3. The third kappa shape index (κ3) is 11.8. The Bertz CT molecular complexity index is 185. The molecule has 0 rings (SSSR count). The van der Waals surface area contributed by atoms with Crippen LogP contribution in [-0.2, 0) is 14.9 Å². The normalized spacial score (nSPS) is 9.89. The quantitative estimate of drug-likeness (QED) is 0.353. The Labute approximate surface area is 74.6 Å². The molecule has 5 nitrogen and oxygen atoms in total. The molecule has 0 aromatic heterocycles. The molecule has 0 spiro atoms. The third-order valence-corrected chi connectivity index (χ3v) is 0.974. The maximum atomic E-state index is 9.70. The van der Waals surface area contributed by atoms with Crippen molar-refractivity contribution in [1.29, 1.82) is 0 Å². The van der Waals surface area contributed by atoms with Gasteiger partial charge in [-0.05, 0) is 0 Å². The average Bonchev–Trinajstić information content (AvgIpc) is 1.21. The van der Waals surface area contributed by atoms with Crippen LogP contribution in [0.1, 0.15) is 0 Å². The zero-order chi connectivity index (χ0) is 6.78. The summed E-state index contributed by atoms with van der Waals surface area (Å²) in [4.78, 5) is 9.70. The van der Waals surface area contributed by atoms with Gasteiger partial charge in [0, 0.05) is 0 Å². The van der Waals surface area contributed by atoms with E-state index in [1.807, 2.05) is 0 Å². The molecule has 0 aromatic carbocycles. The fourth-order valence-electron chi connectivity index (χ4n) is 0.180. The van der Waals surface area contributed by atoms with E-state index >= 15 is 0 Å². The molecule has 7 heteroatoms. The number of amides is 1. The third-order valence-electron chi connectivity index (χ3n) is 0.325. The molecular weight excluding hydrogens is 157 g/mol. The van der Waals surface area contributed by atoms with Gasteiger partial charge in [-0.1, -0.05) is 0 Å². The summed E-state index contributed by atoms with van der Waals surface area (Å²) in [6.45, 7) is 0. The van der Waals surface area contributed by atoms with Crippen LogP contribution in [0.5, 0.6) is 0 Å². The second-order valence-corrected chi connectivity index (χ2v) is 2.65. The summed E-state index contributed by atoms with van der Waals surface area (Å²) >= 11 is 0. The van der Waals surface area contributed by atoms with E-state index in [1.54, 1.807) is 0 Å². The van der Waals surface area contributed by atoms with Crippen molar-refractivity contribution < 1.29 is 17.8 Å². The Morgan fingerprint density at radius 1 is 1.56 bits per heavy atom. The first-order valence-electron chi connectivity index (χ1n) is 1.65. The van der Waals surface area contributed by atoms with Crippen LogP contribution in [-0.4, -0.2) is 54.2 Å². The Morgan fingerprint density at radius 2 is 1.89 bits per heavy atom. The van der Waals surface area contributed by atoms with Gasteiger partial charge in [0.25, 0.3) is 10.1 Å². The van der Waals surface area contributed by atoms with Gasteiger partial charge >= 0.3 is 29.6 Å². The van der Waals surface area contributed by atoms with Gasteiger partial charge < -0.3 is 5.73 Å². The van der Waals surface area contributed by atoms with Gasteiger partial charge in [-0.25, -0.2) is 0 Å². The Hall–Kier alpha value is 0.380. The first kappa shape index (κ1) is 12.1. The molecule has 0 aliphatic heterocycles. The summed E-state index contributed by atoms with van der Waals surface area (Å²) in [7, 11) is -4.20. The van der Waals surface area contributed by atoms with Gasteiger partial charge in [0.15, 0.2) is 5.75 Å². The molecule has 0 bridgehead atoms. The van der Waals surface area contributed by atoms with E-state index in [-0.39, 0.29) is 29.6 Å². The number of carbonyl (C=O) groups excluding carboxylic acids is 1. The van der Waals surface area contributed by atoms with E-state index in [4.69, 9.17) is 4.55 Å². The van der Waals surface area contributed by atoms with Crippen molar-refractivity contribution in [3.8, 4) is 0 Å². The zero-order valence-electron chi connectivity index (χ0n) is 3.86. The second kappa shape index (κ2) is 4.24. The standard InChI is InChI=1S/C2H5NO4S.Na.H/c3-2(4)1-8(5,6)7;;/h1H2,(H2,3,4)(H,5,6,7);;. The van der Waals surface area contributed by atoms with Crippen molar-refractivity contribution in [2.45, 2.75) is 0 Å². The Balaban J connectivity index is 0. The van der Waals surface area contributed by atoms with Gasteiger partial charge in [0.2, 0.25) is 5.91 Å². The maximum absolute atomic E-state index is 9.70. The molecule has 3 N–H and O–H groups in total. The van der Waals surface area contributed by atoms with Crippen molar-refractivity contribution in [2.75, 3.05) is 5.75 Å². The predicted octanol–water partition coefficient (Wildman–Crippen LogP) is -2.29. The number of carbonyl (C=O) groups is 1. The molecule has 1 amide bonds. The van der Waals surface area contributed by atoms with Crippen LogP contribution >= 0.6 is 0 Å². The van der Waals surface area contributed by atoms with E-state index < -0.39 is 21.8 Å². The number of hydrogen-bond donors (Lipinski definition) is 2. The number of rotatable bonds is 2. The van der Waals surface area contributed by atoms with Crippen LogP contribution in [0.2, 0.25) is 0 Å². The van der Waals surface area contributed by atoms with Gasteiger partial charge in [-0.2, -0.15) is 8.42 Å². The van der Waals surface area contributed by atoms with Crippen LogP contribution in [0, 0.1) is 0 Å². The summed E-state index contributed by atoms with van der Waals surface area (Å²) in [6, 6.07) is 0. The second-order valence-electron chi connectivity index (χ2n) is 1.19. The van der Waals surface area contributed by atoms with Crippen LogP contribution in [0.4, 0.5) is 0 Å². The van der Waals surface area contributed by atoms with Gasteiger partial charge in [0.05, 0.1) is 0 Å². The molecule has 0 fully saturated rings. The average molecular weight is 163 g/mol. The molecule has 0 aliphatic rings. The monoisotopic (exact) mass is 163 g/mol. The summed E-state index contributed by atoms with van der Waals surface area (Å²) < 4.78 is 27.3. The van der Waals surface area contributed by atoms with Gasteiger partial charge in [-0.3, -0.25) is 9.35 Å². The summed E-state index contributed by atoms with van der Waals surface area (Å²) in [6.07, 6.45) is 0. The van der Waals surface area contributed by atoms with E-state index in [0.29, 0.717) is 0 Å². The number of nitrogens with two attached hydrogens (primary N) is 1. The zero-order valence-corrected chi connectivity index (χ0v) is 4.68. The number of primary amides is 1. The first-order chi connectivity index (χ1) is 3.42. The van der Waals surface area contributed by atoms with E-state index in [1.165, 1.54) is 0 Å². The molecule has 0 heterocycles. The molecule has 9 heavy (non-hydrogen) atoms. The van der Waals surface area contributed by atoms with Crippen LogP contribution in [0.3, 0.4) is 0 Å². The summed E-state index contributed by atoms with van der Waals surface area (Å²) in [5, 5.41) is 0.